The highest BCUT2D eigenvalue weighted by Crippen LogP contribution is 2.15. The molecule has 0 aliphatic carbocycles. The normalized spacial score (nSPS) is 14.4. The van der Waals surface area contributed by atoms with Crippen LogP contribution in [-0.4, -0.2) is 70.2 Å². The van der Waals surface area contributed by atoms with Crippen LogP contribution in [0.3, 0.4) is 0 Å². The Bertz CT molecular complexity index is 924. The first-order valence-corrected chi connectivity index (χ1v) is 10.6. The maximum absolute atomic E-state index is 12.5. The molecule has 3 heterocycles. The van der Waals surface area contributed by atoms with Crippen molar-refractivity contribution in [3.63, 3.8) is 0 Å². The molecule has 8 heteroatoms. The molecule has 0 spiro atoms. The quantitative estimate of drug-likeness (QED) is 0.602. The fraction of sp³-hybridized carbons (Fsp3) is 0.348. The molecule has 8 nitrogen and oxygen atoms in total. The third-order valence-corrected chi connectivity index (χ3v) is 5.28. The lowest BCUT2D eigenvalue weighted by atomic mass is 10.1. The Morgan fingerprint density at radius 2 is 1.84 bits per heavy atom. The number of hydrogen-bond donors (Lipinski definition) is 1. The largest absolute Gasteiger partial charge is 0.477 e. The van der Waals surface area contributed by atoms with Gasteiger partial charge in [-0.3, -0.25) is 4.90 Å². The third-order valence-electron chi connectivity index (χ3n) is 5.28. The number of piperazine rings is 1. The van der Waals surface area contributed by atoms with E-state index >= 15 is 0 Å². The third kappa shape index (κ3) is 6.29. The fourth-order valence-corrected chi connectivity index (χ4v) is 3.45. The van der Waals surface area contributed by atoms with Gasteiger partial charge >= 0.3 is 6.09 Å². The zero-order chi connectivity index (χ0) is 21.3. The zero-order valence-corrected chi connectivity index (χ0v) is 17.4. The lowest BCUT2D eigenvalue weighted by Gasteiger charge is -2.33. The lowest BCUT2D eigenvalue weighted by Crippen LogP contribution is -2.49. The Kier molecular flexibility index (Phi) is 7.12. The van der Waals surface area contributed by atoms with E-state index in [4.69, 9.17) is 9.47 Å². The van der Waals surface area contributed by atoms with Gasteiger partial charge in [0, 0.05) is 64.0 Å². The SMILES string of the molecule is O=C(Oc1ccc(CCOc2ccccn2)cc1)N1CCN(CCc2c[nH]cn2)CC1. The van der Waals surface area contributed by atoms with Crippen LogP contribution in [0.4, 0.5) is 4.79 Å². The van der Waals surface area contributed by atoms with E-state index < -0.39 is 0 Å². The molecule has 2 aromatic heterocycles. The zero-order valence-electron chi connectivity index (χ0n) is 17.4. The van der Waals surface area contributed by atoms with Gasteiger partial charge in [-0.25, -0.2) is 14.8 Å². The summed E-state index contributed by atoms with van der Waals surface area (Å²) >= 11 is 0. The van der Waals surface area contributed by atoms with E-state index in [1.165, 1.54) is 0 Å². The number of aromatic amines is 1. The molecule has 1 amide bonds. The van der Waals surface area contributed by atoms with Crippen molar-refractivity contribution in [3.05, 3.63) is 72.4 Å². The van der Waals surface area contributed by atoms with Crippen molar-refractivity contribution in [1.29, 1.82) is 0 Å². The van der Waals surface area contributed by atoms with Crippen molar-refractivity contribution >= 4 is 6.09 Å². The molecular formula is C23H27N5O3. The van der Waals surface area contributed by atoms with Crippen molar-refractivity contribution in [2.24, 2.45) is 0 Å². The molecule has 1 saturated heterocycles. The molecule has 1 aliphatic rings. The summed E-state index contributed by atoms with van der Waals surface area (Å²) < 4.78 is 11.2. The van der Waals surface area contributed by atoms with Gasteiger partial charge < -0.3 is 19.4 Å². The van der Waals surface area contributed by atoms with Crippen molar-refractivity contribution in [2.75, 3.05) is 39.3 Å². The van der Waals surface area contributed by atoms with Gasteiger partial charge in [-0.15, -0.1) is 0 Å². The maximum Gasteiger partial charge on any atom is 0.415 e. The second-order valence-corrected chi connectivity index (χ2v) is 7.42. The number of carbonyl (C=O) groups is 1. The van der Waals surface area contributed by atoms with Crippen LogP contribution in [0.25, 0.3) is 0 Å². The van der Waals surface area contributed by atoms with Crippen LogP contribution in [0.5, 0.6) is 11.6 Å². The minimum atomic E-state index is -0.293. The van der Waals surface area contributed by atoms with Crippen LogP contribution in [0.15, 0.2) is 61.2 Å². The summed E-state index contributed by atoms with van der Waals surface area (Å²) in [6, 6.07) is 13.2. The van der Waals surface area contributed by atoms with Crippen LogP contribution < -0.4 is 9.47 Å². The first kappa shape index (κ1) is 20.9. The van der Waals surface area contributed by atoms with Crippen LogP contribution in [0.2, 0.25) is 0 Å². The molecule has 3 aromatic rings. The number of hydrogen-bond acceptors (Lipinski definition) is 6. The number of imidazole rings is 1. The average molecular weight is 422 g/mol. The summed E-state index contributed by atoms with van der Waals surface area (Å²) in [6.07, 6.45) is 6.70. The number of nitrogens with one attached hydrogen (secondary N) is 1. The molecule has 4 rings (SSSR count). The second-order valence-electron chi connectivity index (χ2n) is 7.42. The molecule has 162 valence electrons. The summed E-state index contributed by atoms with van der Waals surface area (Å²) in [7, 11) is 0. The van der Waals surface area contributed by atoms with Crippen molar-refractivity contribution in [3.8, 4) is 11.6 Å². The van der Waals surface area contributed by atoms with Gasteiger partial charge in [-0.1, -0.05) is 18.2 Å². The van der Waals surface area contributed by atoms with Crippen LogP contribution in [0, 0.1) is 0 Å². The molecule has 1 N–H and O–H groups in total. The number of rotatable bonds is 8. The summed E-state index contributed by atoms with van der Waals surface area (Å²) in [5, 5.41) is 0. The molecular weight excluding hydrogens is 394 g/mol. The Hall–Kier alpha value is -3.39. The van der Waals surface area contributed by atoms with Gasteiger partial charge in [-0.05, 0) is 23.8 Å². The van der Waals surface area contributed by atoms with E-state index in [-0.39, 0.29) is 6.09 Å². The minimum absolute atomic E-state index is 0.293. The number of aromatic nitrogens is 3. The molecule has 1 fully saturated rings. The number of ether oxygens (including phenoxy) is 2. The van der Waals surface area contributed by atoms with Gasteiger partial charge in [0.2, 0.25) is 5.88 Å². The maximum atomic E-state index is 12.5. The van der Waals surface area contributed by atoms with Gasteiger partial charge in [0.25, 0.3) is 0 Å². The number of benzene rings is 1. The van der Waals surface area contributed by atoms with E-state index in [1.807, 2.05) is 48.7 Å². The van der Waals surface area contributed by atoms with Crippen molar-refractivity contribution in [1.82, 2.24) is 24.8 Å². The van der Waals surface area contributed by atoms with Crippen LogP contribution >= 0.6 is 0 Å². The highest BCUT2D eigenvalue weighted by molar-refractivity contribution is 5.70. The number of nitrogens with zero attached hydrogens (tertiary/aromatic N) is 4. The topological polar surface area (TPSA) is 83.6 Å². The molecule has 31 heavy (non-hydrogen) atoms. The standard InChI is InChI=1S/C23H27N5O3/c29-23(28-14-12-27(13-15-28)11-8-20-17-24-18-26-20)31-21-6-4-19(5-7-21)9-16-30-22-3-1-2-10-25-22/h1-7,10,17-18H,8-9,11-16H2,(H,24,26). The Labute approximate surface area is 181 Å². The number of H-pyrrole nitrogens is 1. The van der Waals surface area contributed by atoms with Crippen LogP contribution in [-0.2, 0) is 12.8 Å². The molecule has 0 radical (unpaired) electrons. The van der Waals surface area contributed by atoms with Gasteiger partial charge in [-0.2, -0.15) is 0 Å². The summed E-state index contributed by atoms with van der Waals surface area (Å²) in [4.78, 5) is 27.9. The van der Waals surface area contributed by atoms with E-state index in [2.05, 4.69) is 19.9 Å². The predicted octanol–water partition coefficient (Wildman–Crippen LogP) is 2.79. The number of carbonyl (C=O) groups excluding carboxylic acids is 1. The van der Waals surface area contributed by atoms with E-state index in [9.17, 15) is 4.79 Å². The first-order chi connectivity index (χ1) is 15.3. The molecule has 1 aliphatic heterocycles. The molecule has 0 saturated carbocycles. The summed E-state index contributed by atoms with van der Waals surface area (Å²) in [5.41, 5.74) is 2.18. The summed E-state index contributed by atoms with van der Waals surface area (Å²) in [6.45, 7) is 4.51. The van der Waals surface area contributed by atoms with Gasteiger partial charge in [0.1, 0.15) is 5.75 Å². The molecule has 1 aromatic carbocycles. The Balaban J connectivity index is 1.16. The number of amides is 1. The Morgan fingerprint density at radius 1 is 1.00 bits per heavy atom. The van der Waals surface area contributed by atoms with Gasteiger partial charge in [0.05, 0.1) is 18.6 Å². The smallest absolute Gasteiger partial charge is 0.415 e. The molecule has 0 bridgehead atoms. The average Bonchev–Trinajstić information content (AvgIpc) is 3.34. The van der Waals surface area contributed by atoms with E-state index in [1.54, 1.807) is 17.4 Å². The summed E-state index contributed by atoms with van der Waals surface area (Å²) in [5.74, 6) is 1.18. The predicted molar refractivity (Wildman–Crippen MR) is 116 cm³/mol. The van der Waals surface area contributed by atoms with Crippen LogP contribution in [0.1, 0.15) is 11.3 Å². The first-order valence-electron chi connectivity index (χ1n) is 10.6. The number of pyridine rings is 1. The van der Waals surface area contributed by atoms with Gasteiger partial charge in [0.15, 0.2) is 0 Å². The molecule has 0 unspecified atom stereocenters. The molecule has 0 atom stereocenters. The highest BCUT2D eigenvalue weighted by atomic mass is 16.6. The highest BCUT2D eigenvalue weighted by Gasteiger charge is 2.22. The second kappa shape index (κ2) is 10.6. The lowest BCUT2D eigenvalue weighted by molar-refractivity contribution is 0.111. The fourth-order valence-electron chi connectivity index (χ4n) is 3.45. The Morgan fingerprint density at radius 3 is 2.55 bits per heavy atom. The van der Waals surface area contributed by atoms with E-state index in [0.29, 0.717) is 31.3 Å². The van der Waals surface area contributed by atoms with E-state index in [0.717, 1.165) is 43.7 Å². The van der Waals surface area contributed by atoms with Crippen molar-refractivity contribution in [2.45, 2.75) is 12.8 Å². The van der Waals surface area contributed by atoms with Crippen molar-refractivity contribution < 1.29 is 14.3 Å². The minimum Gasteiger partial charge on any atom is -0.477 e. The monoisotopic (exact) mass is 421 g/mol.